The SMILES string of the molecule is CNCc1scc(C)c1S(=O)(=O)NCC1CCCCC1C. The van der Waals surface area contributed by atoms with E-state index >= 15 is 0 Å². The van der Waals surface area contributed by atoms with Gasteiger partial charge in [-0.25, -0.2) is 13.1 Å². The lowest BCUT2D eigenvalue weighted by molar-refractivity contribution is 0.257. The molecule has 1 saturated carbocycles. The van der Waals surface area contributed by atoms with Crippen LogP contribution in [0.15, 0.2) is 10.3 Å². The Hall–Kier alpha value is -0.430. The van der Waals surface area contributed by atoms with Crippen molar-refractivity contribution in [3.05, 3.63) is 15.8 Å². The molecule has 0 amide bonds. The Kier molecular flexibility index (Phi) is 5.82. The summed E-state index contributed by atoms with van der Waals surface area (Å²) in [5.41, 5.74) is 0.842. The van der Waals surface area contributed by atoms with Crippen LogP contribution in [0.4, 0.5) is 0 Å². The molecule has 4 nitrogen and oxygen atoms in total. The fourth-order valence-corrected chi connectivity index (χ4v) is 6.03. The monoisotopic (exact) mass is 330 g/mol. The first-order valence-corrected chi connectivity index (χ1v) is 10.0. The van der Waals surface area contributed by atoms with E-state index in [1.807, 2.05) is 19.4 Å². The predicted octanol–water partition coefficient (Wildman–Crippen LogP) is 2.88. The predicted molar refractivity (Wildman–Crippen MR) is 88.1 cm³/mol. The molecule has 1 aliphatic carbocycles. The molecule has 2 rings (SSSR count). The molecule has 6 heteroatoms. The third-order valence-corrected chi connectivity index (χ3v) is 7.31. The Labute approximate surface area is 132 Å². The summed E-state index contributed by atoms with van der Waals surface area (Å²) in [5, 5.41) is 4.96. The molecule has 1 aromatic rings. The van der Waals surface area contributed by atoms with Crippen molar-refractivity contribution >= 4 is 21.4 Å². The third kappa shape index (κ3) is 4.06. The maximum atomic E-state index is 12.6. The average molecular weight is 331 g/mol. The normalized spacial score (nSPS) is 23.4. The molecule has 2 unspecified atom stereocenters. The molecule has 1 aliphatic rings. The molecule has 0 saturated heterocycles. The summed E-state index contributed by atoms with van der Waals surface area (Å²) in [4.78, 5) is 1.37. The van der Waals surface area contributed by atoms with Crippen LogP contribution < -0.4 is 10.0 Å². The van der Waals surface area contributed by atoms with E-state index in [9.17, 15) is 8.42 Å². The minimum absolute atomic E-state index is 0.472. The van der Waals surface area contributed by atoms with Gasteiger partial charge in [-0.1, -0.05) is 26.2 Å². The lowest BCUT2D eigenvalue weighted by Gasteiger charge is -2.28. The molecule has 0 aliphatic heterocycles. The molecule has 1 aromatic heterocycles. The van der Waals surface area contributed by atoms with Gasteiger partial charge in [0.2, 0.25) is 10.0 Å². The summed E-state index contributed by atoms with van der Waals surface area (Å²) in [6.45, 7) is 5.26. The Morgan fingerprint density at radius 1 is 1.33 bits per heavy atom. The summed E-state index contributed by atoms with van der Waals surface area (Å²) in [6.07, 6.45) is 4.85. The lowest BCUT2D eigenvalue weighted by atomic mass is 9.81. The van der Waals surface area contributed by atoms with Crippen LogP contribution in [0.1, 0.15) is 43.0 Å². The van der Waals surface area contributed by atoms with E-state index < -0.39 is 10.0 Å². The smallest absolute Gasteiger partial charge is 0.241 e. The topological polar surface area (TPSA) is 58.2 Å². The number of rotatable bonds is 6. The molecular weight excluding hydrogens is 304 g/mol. The van der Waals surface area contributed by atoms with Gasteiger partial charge >= 0.3 is 0 Å². The highest BCUT2D eigenvalue weighted by molar-refractivity contribution is 7.89. The number of hydrogen-bond donors (Lipinski definition) is 2. The van der Waals surface area contributed by atoms with Crippen LogP contribution in [0, 0.1) is 18.8 Å². The number of aryl methyl sites for hydroxylation is 1. The largest absolute Gasteiger partial charge is 0.315 e. The fraction of sp³-hybridized carbons (Fsp3) is 0.733. The van der Waals surface area contributed by atoms with E-state index in [4.69, 9.17) is 0 Å². The van der Waals surface area contributed by atoms with Gasteiger partial charge in [0.25, 0.3) is 0 Å². The maximum Gasteiger partial charge on any atom is 0.241 e. The molecule has 0 aromatic carbocycles. The van der Waals surface area contributed by atoms with Crippen molar-refractivity contribution < 1.29 is 8.42 Å². The zero-order chi connectivity index (χ0) is 15.5. The molecule has 0 spiro atoms. The van der Waals surface area contributed by atoms with Crippen molar-refractivity contribution in [1.29, 1.82) is 0 Å². The van der Waals surface area contributed by atoms with Crippen LogP contribution in [-0.2, 0) is 16.6 Å². The minimum atomic E-state index is -3.40. The number of thiophene rings is 1. The van der Waals surface area contributed by atoms with E-state index in [1.54, 1.807) is 0 Å². The molecule has 1 fully saturated rings. The van der Waals surface area contributed by atoms with Crippen molar-refractivity contribution in [3.8, 4) is 0 Å². The Bertz CT molecular complexity index is 566. The van der Waals surface area contributed by atoms with Gasteiger partial charge < -0.3 is 5.32 Å². The van der Waals surface area contributed by atoms with Gasteiger partial charge in [0.15, 0.2) is 0 Å². The number of nitrogens with one attached hydrogen (secondary N) is 2. The maximum absolute atomic E-state index is 12.6. The van der Waals surface area contributed by atoms with Crippen LogP contribution in [0.25, 0.3) is 0 Å². The van der Waals surface area contributed by atoms with Gasteiger partial charge in [0.05, 0.1) is 0 Å². The van der Waals surface area contributed by atoms with Crippen molar-refractivity contribution in [2.45, 2.75) is 51.0 Å². The summed E-state index contributed by atoms with van der Waals surface area (Å²) < 4.78 is 28.1. The second-order valence-electron chi connectivity index (χ2n) is 6.08. The van der Waals surface area contributed by atoms with E-state index in [1.165, 1.54) is 30.6 Å². The first-order chi connectivity index (χ1) is 9.95. The van der Waals surface area contributed by atoms with Gasteiger partial charge in [-0.15, -0.1) is 11.3 Å². The summed E-state index contributed by atoms with van der Waals surface area (Å²) in [6, 6.07) is 0. The number of sulfonamides is 1. The first kappa shape index (κ1) is 16.9. The first-order valence-electron chi connectivity index (χ1n) is 7.67. The van der Waals surface area contributed by atoms with Crippen LogP contribution in [-0.4, -0.2) is 22.0 Å². The van der Waals surface area contributed by atoms with E-state index in [-0.39, 0.29) is 0 Å². The van der Waals surface area contributed by atoms with E-state index in [0.717, 1.165) is 16.9 Å². The third-order valence-electron chi connectivity index (χ3n) is 4.42. The van der Waals surface area contributed by atoms with Crippen LogP contribution in [0.3, 0.4) is 0 Å². The van der Waals surface area contributed by atoms with Gasteiger partial charge in [0, 0.05) is 18.0 Å². The Morgan fingerprint density at radius 2 is 2.05 bits per heavy atom. The summed E-state index contributed by atoms with van der Waals surface area (Å²) >= 11 is 1.51. The van der Waals surface area contributed by atoms with Crippen molar-refractivity contribution in [1.82, 2.24) is 10.0 Å². The highest BCUT2D eigenvalue weighted by Crippen LogP contribution is 2.30. The van der Waals surface area contributed by atoms with E-state index in [2.05, 4.69) is 17.0 Å². The molecule has 0 bridgehead atoms. The lowest BCUT2D eigenvalue weighted by Crippen LogP contribution is -2.34. The summed E-state index contributed by atoms with van der Waals surface area (Å²) in [5.74, 6) is 1.09. The highest BCUT2D eigenvalue weighted by atomic mass is 32.2. The van der Waals surface area contributed by atoms with Crippen molar-refractivity contribution in [2.75, 3.05) is 13.6 Å². The average Bonchev–Trinajstić information content (AvgIpc) is 2.80. The Morgan fingerprint density at radius 3 is 2.71 bits per heavy atom. The quantitative estimate of drug-likeness (QED) is 0.843. The fourth-order valence-electron chi connectivity index (χ4n) is 3.12. The number of hydrogen-bond acceptors (Lipinski definition) is 4. The van der Waals surface area contributed by atoms with Crippen LogP contribution in [0.2, 0.25) is 0 Å². The Balaban J connectivity index is 2.09. The van der Waals surface area contributed by atoms with E-state index in [0.29, 0.717) is 29.8 Å². The van der Waals surface area contributed by atoms with Crippen molar-refractivity contribution in [2.24, 2.45) is 11.8 Å². The molecule has 0 radical (unpaired) electrons. The van der Waals surface area contributed by atoms with Crippen molar-refractivity contribution in [3.63, 3.8) is 0 Å². The van der Waals surface area contributed by atoms with Crippen LogP contribution >= 0.6 is 11.3 Å². The second kappa shape index (κ2) is 7.22. The standard InChI is InChI=1S/C15H26N2O2S2/c1-11-6-4-5-7-13(11)8-17-21(18,19)15-12(2)10-20-14(15)9-16-3/h10-11,13,16-17H,4-9H2,1-3H3. The van der Waals surface area contributed by atoms with Gasteiger partial charge in [-0.2, -0.15) is 0 Å². The van der Waals surface area contributed by atoms with Gasteiger partial charge in [-0.3, -0.25) is 0 Å². The van der Waals surface area contributed by atoms with Crippen LogP contribution in [0.5, 0.6) is 0 Å². The summed E-state index contributed by atoms with van der Waals surface area (Å²) in [7, 11) is -1.57. The zero-order valence-corrected chi connectivity index (χ0v) is 14.7. The molecular formula is C15H26N2O2S2. The second-order valence-corrected chi connectivity index (χ2v) is 8.74. The minimum Gasteiger partial charge on any atom is -0.315 e. The molecule has 2 atom stereocenters. The van der Waals surface area contributed by atoms with Gasteiger partial charge in [-0.05, 0) is 43.2 Å². The molecule has 1 heterocycles. The highest BCUT2D eigenvalue weighted by Gasteiger charge is 2.26. The molecule has 2 N–H and O–H groups in total. The van der Waals surface area contributed by atoms with Gasteiger partial charge in [0.1, 0.15) is 4.90 Å². The zero-order valence-electron chi connectivity index (χ0n) is 13.1. The molecule has 120 valence electrons. The molecule has 21 heavy (non-hydrogen) atoms.